The van der Waals surface area contributed by atoms with Gasteiger partial charge in [0, 0.05) is 31.0 Å². The van der Waals surface area contributed by atoms with Crippen LogP contribution < -0.4 is 9.80 Å². The van der Waals surface area contributed by atoms with Gasteiger partial charge in [-0.2, -0.15) is 0 Å². The van der Waals surface area contributed by atoms with E-state index >= 15 is 0 Å². The number of anilines is 6. The second kappa shape index (κ2) is 17.5. The van der Waals surface area contributed by atoms with Crippen LogP contribution in [0.15, 0.2) is 287 Å². The minimum atomic E-state index is 1.12. The van der Waals surface area contributed by atoms with E-state index in [1.54, 1.807) is 0 Å². The van der Waals surface area contributed by atoms with Crippen LogP contribution in [0.3, 0.4) is 0 Å². The lowest BCUT2D eigenvalue weighted by Crippen LogP contribution is -2.15. The van der Waals surface area contributed by atoms with E-state index in [4.69, 9.17) is 0 Å². The van der Waals surface area contributed by atoms with Gasteiger partial charge in [0.15, 0.2) is 0 Å². The molecule has 2 aliphatic heterocycles. The van der Waals surface area contributed by atoms with Crippen LogP contribution in [-0.2, 0) is 0 Å². The Kier molecular flexibility index (Phi) is 10.1. The van der Waals surface area contributed by atoms with E-state index in [2.05, 4.69) is 277 Å². The highest BCUT2D eigenvalue weighted by atomic mass is 32.2. The number of benzene rings is 13. The molecule has 0 N–H and O–H groups in total. The summed E-state index contributed by atoms with van der Waals surface area (Å²) in [4.78, 5) is 9.90. The topological polar surface area (TPSA) is 6.48 Å². The molecule has 2 nitrogen and oxygen atoms in total. The fourth-order valence-corrected chi connectivity index (χ4v) is 13.8. The van der Waals surface area contributed by atoms with Gasteiger partial charge in [-0.15, -0.1) is 0 Å². The number of rotatable bonds is 6. The first-order valence-electron chi connectivity index (χ1n) is 25.2. The maximum Gasteiger partial charge on any atom is 0.0601 e. The average Bonchev–Trinajstić information content (AvgIpc) is 3.48. The second-order valence-electron chi connectivity index (χ2n) is 19.2. The molecule has 0 saturated carbocycles. The van der Waals surface area contributed by atoms with Gasteiger partial charge < -0.3 is 9.80 Å². The van der Waals surface area contributed by atoms with Crippen molar-refractivity contribution in [3.8, 4) is 44.5 Å². The van der Waals surface area contributed by atoms with Gasteiger partial charge in [0.05, 0.1) is 22.7 Å². The second-order valence-corrected chi connectivity index (χ2v) is 21.3. The Balaban J connectivity index is 1.08. The summed E-state index contributed by atoms with van der Waals surface area (Å²) in [5, 5.41) is 9.68. The lowest BCUT2D eigenvalue weighted by Gasteiger charge is -2.34. The van der Waals surface area contributed by atoms with Crippen molar-refractivity contribution in [3.63, 3.8) is 0 Å². The monoisotopic (exact) mass is 976 g/mol. The van der Waals surface area contributed by atoms with Crippen LogP contribution in [0.4, 0.5) is 34.1 Å². The number of fused-ring (bicyclic) bond motifs is 8. The van der Waals surface area contributed by atoms with Crippen molar-refractivity contribution >= 4 is 101 Å². The van der Waals surface area contributed by atoms with Gasteiger partial charge >= 0.3 is 0 Å². The van der Waals surface area contributed by atoms with Crippen molar-refractivity contribution in [2.24, 2.45) is 0 Å². The van der Waals surface area contributed by atoms with Crippen molar-refractivity contribution in [2.75, 3.05) is 9.80 Å². The summed E-state index contributed by atoms with van der Waals surface area (Å²) >= 11 is 3.69. The molecule has 4 heteroatoms. The summed E-state index contributed by atoms with van der Waals surface area (Å²) in [7, 11) is 0. The normalized spacial score (nSPS) is 12.7. The van der Waals surface area contributed by atoms with Crippen molar-refractivity contribution in [2.45, 2.75) is 19.6 Å². The number of para-hydroxylation sites is 4. The Hall–Kier alpha value is -8.80. The van der Waals surface area contributed by atoms with Crippen LogP contribution >= 0.6 is 23.5 Å². The number of hydrogen-bond donors (Lipinski definition) is 0. The molecule has 2 heterocycles. The van der Waals surface area contributed by atoms with Gasteiger partial charge in [0.2, 0.25) is 0 Å². The number of hydrogen-bond acceptors (Lipinski definition) is 4. The van der Waals surface area contributed by atoms with Crippen LogP contribution in [0.25, 0.3) is 87.6 Å². The maximum absolute atomic E-state index is 2.48. The lowest BCUT2D eigenvalue weighted by molar-refractivity contribution is 1.17. The summed E-state index contributed by atoms with van der Waals surface area (Å²) in [6, 6.07) is 99.2. The fourth-order valence-electron chi connectivity index (χ4n) is 11.6. The molecule has 346 valence electrons. The molecular weight excluding hydrogens is 933 g/mol. The smallest absolute Gasteiger partial charge is 0.0601 e. The Morgan fingerprint density at radius 2 is 0.554 bits per heavy atom. The summed E-state index contributed by atoms with van der Waals surface area (Å²) in [6.45, 7) is 0. The summed E-state index contributed by atoms with van der Waals surface area (Å²) in [5.74, 6) is 0. The highest BCUT2D eigenvalue weighted by Gasteiger charge is 2.29. The molecular formula is C70H44N2S2. The zero-order valence-corrected chi connectivity index (χ0v) is 41.7. The molecule has 0 atom stereocenters. The Labute approximate surface area is 438 Å². The first-order chi connectivity index (χ1) is 36.7. The van der Waals surface area contributed by atoms with Crippen molar-refractivity contribution < 1.29 is 0 Å². The highest BCUT2D eigenvalue weighted by Crippen LogP contribution is 2.56. The molecule has 0 fully saturated rings. The third-order valence-electron chi connectivity index (χ3n) is 15.0. The number of nitrogens with zero attached hydrogens (tertiary/aromatic N) is 2. The fraction of sp³-hybridized carbons (Fsp3) is 0. The van der Waals surface area contributed by atoms with Gasteiger partial charge in [0.1, 0.15) is 0 Å². The summed E-state index contributed by atoms with van der Waals surface area (Å²) < 4.78 is 0. The van der Waals surface area contributed by atoms with Gasteiger partial charge in [0.25, 0.3) is 0 Å². The predicted octanol–water partition coefficient (Wildman–Crippen LogP) is 20.8. The average molecular weight is 977 g/mol. The summed E-state index contributed by atoms with van der Waals surface area (Å²) in [6.07, 6.45) is 0. The van der Waals surface area contributed by atoms with Crippen molar-refractivity contribution in [1.29, 1.82) is 0 Å². The van der Waals surface area contributed by atoms with E-state index in [1.165, 1.54) is 130 Å². The van der Waals surface area contributed by atoms with E-state index in [9.17, 15) is 0 Å². The molecule has 0 saturated heterocycles. The molecule has 0 unspecified atom stereocenters. The molecule has 74 heavy (non-hydrogen) atoms. The molecule has 0 aliphatic carbocycles. The van der Waals surface area contributed by atoms with E-state index in [0.717, 1.165) is 11.4 Å². The van der Waals surface area contributed by atoms with E-state index in [0.29, 0.717) is 0 Å². The highest BCUT2D eigenvalue weighted by molar-refractivity contribution is 8.00. The molecule has 2 aliphatic rings. The molecule has 0 bridgehead atoms. The van der Waals surface area contributed by atoms with Gasteiger partial charge in [-0.3, -0.25) is 0 Å². The third kappa shape index (κ3) is 6.98. The van der Waals surface area contributed by atoms with Crippen LogP contribution in [0.2, 0.25) is 0 Å². The SMILES string of the molecule is c1ccc2c(c1)Sc1ccccc1N2c1ccc2c(-c3ccccc3-c3ccc4ccccc4c3)c3cc(N4c5ccccc5Sc5ccccc54)ccc3c(-c3ccccc3-c3ccc4ccccc4c3)c2c1. The van der Waals surface area contributed by atoms with Crippen LogP contribution in [0, 0.1) is 0 Å². The maximum atomic E-state index is 2.48. The van der Waals surface area contributed by atoms with Gasteiger partial charge in [-0.1, -0.05) is 206 Å². The first kappa shape index (κ1) is 42.8. The molecule has 0 amide bonds. The minimum Gasteiger partial charge on any atom is -0.308 e. The largest absolute Gasteiger partial charge is 0.308 e. The molecule has 0 aromatic heterocycles. The molecule has 15 rings (SSSR count). The minimum absolute atomic E-state index is 1.12. The van der Waals surface area contributed by atoms with Crippen LogP contribution in [-0.4, -0.2) is 0 Å². The molecule has 13 aromatic carbocycles. The lowest BCUT2D eigenvalue weighted by atomic mass is 9.81. The zero-order valence-electron chi connectivity index (χ0n) is 40.1. The van der Waals surface area contributed by atoms with Gasteiger partial charge in [-0.05, 0) is 173 Å². The predicted molar refractivity (Wildman–Crippen MR) is 316 cm³/mol. The zero-order chi connectivity index (χ0) is 48.7. The Bertz CT molecular complexity index is 4050. The Morgan fingerprint density at radius 3 is 0.946 bits per heavy atom. The Morgan fingerprint density at radius 1 is 0.230 bits per heavy atom. The molecule has 0 radical (unpaired) electrons. The quantitative estimate of drug-likeness (QED) is 0.153. The standard InChI is InChI=1S/C70H44N2S2/c1-3-19-47-41-49(35-33-45(47)17-1)53-21-5-7-23-55(53)69-57-39-37-52(72-63-27-11-15-31-67(63)74-68-32-16-12-28-64(68)72)44-60(57)70(56-24-8-6-22-54(56)50-36-34-46-18-2-4-20-48(46)42-50)58-40-38-51(43-59(58)69)71-61-25-9-13-29-65(61)73-66-30-14-10-26-62(66)71/h1-44H. The van der Waals surface area contributed by atoms with Crippen molar-refractivity contribution in [1.82, 2.24) is 0 Å². The van der Waals surface area contributed by atoms with E-state index < -0.39 is 0 Å². The van der Waals surface area contributed by atoms with E-state index in [1.807, 2.05) is 23.5 Å². The first-order valence-corrected chi connectivity index (χ1v) is 26.9. The van der Waals surface area contributed by atoms with Crippen molar-refractivity contribution in [3.05, 3.63) is 267 Å². The van der Waals surface area contributed by atoms with Crippen LogP contribution in [0.1, 0.15) is 0 Å². The van der Waals surface area contributed by atoms with Gasteiger partial charge in [-0.25, -0.2) is 0 Å². The molecule has 0 spiro atoms. The summed E-state index contributed by atoms with van der Waals surface area (Å²) in [5.41, 5.74) is 16.5. The third-order valence-corrected chi connectivity index (χ3v) is 17.2. The van der Waals surface area contributed by atoms with E-state index in [-0.39, 0.29) is 0 Å². The molecule has 13 aromatic rings. The van der Waals surface area contributed by atoms with Crippen LogP contribution in [0.5, 0.6) is 0 Å².